The molecule has 39 heavy (non-hydrogen) atoms. The third-order valence-corrected chi connectivity index (χ3v) is 11.6. The Morgan fingerprint density at radius 2 is 1.67 bits per heavy atom. The van der Waals surface area contributed by atoms with Crippen molar-refractivity contribution < 1.29 is 21.6 Å². The SMILES string of the molecule is CC1(S(=O)(=O)c2cccc(C(F)(F)F)c2)CC(c2ccc(Br)cc2)CC2C=Cc3c(ccc4ccccc34)C21. The summed E-state index contributed by atoms with van der Waals surface area (Å²) >= 11 is 3.47. The Morgan fingerprint density at radius 1 is 0.923 bits per heavy atom. The van der Waals surface area contributed by atoms with Gasteiger partial charge in [-0.25, -0.2) is 8.42 Å². The minimum absolute atomic E-state index is 0.0726. The second kappa shape index (κ2) is 9.34. The fourth-order valence-electron chi connectivity index (χ4n) is 6.73. The van der Waals surface area contributed by atoms with Gasteiger partial charge < -0.3 is 0 Å². The fraction of sp³-hybridized carbons (Fsp3) is 0.250. The Hall–Kier alpha value is -2.90. The number of hydrogen-bond donors (Lipinski definition) is 0. The van der Waals surface area contributed by atoms with Gasteiger partial charge in [0.2, 0.25) is 0 Å². The van der Waals surface area contributed by atoms with Gasteiger partial charge in [-0.2, -0.15) is 13.2 Å². The molecule has 1 saturated carbocycles. The number of alkyl halides is 3. The van der Waals surface area contributed by atoms with Gasteiger partial charge in [-0.3, -0.25) is 0 Å². The lowest BCUT2D eigenvalue weighted by molar-refractivity contribution is -0.137. The standard InChI is InChI=1S/C32H26BrF3O2S/c1-31(39(37,38)26-7-4-6-24(18-26)32(34,35)36)19-23(20-9-13-25(33)14-10-20)17-22-12-15-28-27-8-3-2-5-21(27)11-16-29(28)30(22)31/h2-16,18,22-23,30H,17,19H2,1H3. The molecule has 200 valence electrons. The first-order valence-corrected chi connectivity index (χ1v) is 15.1. The van der Waals surface area contributed by atoms with Crippen LogP contribution in [0.3, 0.4) is 0 Å². The fourth-order valence-corrected chi connectivity index (χ4v) is 9.13. The van der Waals surface area contributed by atoms with E-state index in [2.05, 4.69) is 28.1 Å². The van der Waals surface area contributed by atoms with E-state index < -0.39 is 32.2 Å². The van der Waals surface area contributed by atoms with Crippen LogP contribution < -0.4 is 0 Å². The topological polar surface area (TPSA) is 34.1 Å². The van der Waals surface area contributed by atoms with Gasteiger partial charge >= 0.3 is 6.18 Å². The van der Waals surface area contributed by atoms with E-state index in [1.54, 1.807) is 6.92 Å². The molecule has 2 aliphatic rings. The lowest BCUT2D eigenvalue weighted by atomic mass is 9.61. The highest BCUT2D eigenvalue weighted by Gasteiger charge is 2.55. The zero-order valence-electron chi connectivity index (χ0n) is 21.1. The molecule has 0 spiro atoms. The summed E-state index contributed by atoms with van der Waals surface area (Å²) in [6.45, 7) is 1.74. The zero-order valence-corrected chi connectivity index (χ0v) is 23.5. The van der Waals surface area contributed by atoms with E-state index in [0.717, 1.165) is 50.5 Å². The second-order valence-corrected chi connectivity index (χ2v) is 14.1. The van der Waals surface area contributed by atoms with Crippen LogP contribution in [0, 0.1) is 5.92 Å². The molecule has 0 bridgehead atoms. The van der Waals surface area contributed by atoms with Gasteiger partial charge in [0.1, 0.15) is 0 Å². The third-order valence-electron chi connectivity index (χ3n) is 8.57. The Morgan fingerprint density at radius 3 is 2.41 bits per heavy atom. The maximum absolute atomic E-state index is 14.5. The van der Waals surface area contributed by atoms with Gasteiger partial charge in [0.25, 0.3) is 0 Å². The Kier molecular flexibility index (Phi) is 6.31. The van der Waals surface area contributed by atoms with Crippen LogP contribution in [0.5, 0.6) is 0 Å². The molecule has 0 N–H and O–H groups in total. The summed E-state index contributed by atoms with van der Waals surface area (Å²) in [5, 5.41) is 2.10. The maximum atomic E-state index is 14.5. The minimum Gasteiger partial charge on any atom is -0.223 e. The second-order valence-electron chi connectivity index (χ2n) is 10.8. The van der Waals surface area contributed by atoms with E-state index in [0.29, 0.717) is 6.42 Å². The number of sulfone groups is 1. The van der Waals surface area contributed by atoms with Crippen molar-refractivity contribution >= 4 is 42.6 Å². The molecule has 4 unspecified atom stereocenters. The number of rotatable bonds is 3. The predicted octanol–water partition coefficient (Wildman–Crippen LogP) is 9.16. The highest BCUT2D eigenvalue weighted by Crippen LogP contribution is 2.58. The van der Waals surface area contributed by atoms with Crippen molar-refractivity contribution in [3.63, 3.8) is 0 Å². The summed E-state index contributed by atoms with van der Waals surface area (Å²) in [6.07, 6.45) is 0.627. The van der Waals surface area contributed by atoms with Crippen LogP contribution in [0.1, 0.15) is 53.9 Å². The monoisotopic (exact) mass is 610 g/mol. The van der Waals surface area contributed by atoms with Crippen molar-refractivity contribution in [1.82, 2.24) is 0 Å². The van der Waals surface area contributed by atoms with Gasteiger partial charge in [-0.15, -0.1) is 0 Å². The lowest BCUT2D eigenvalue weighted by Crippen LogP contribution is -2.49. The molecule has 0 aromatic heterocycles. The van der Waals surface area contributed by atoms with E-state index in [9.17, 15) is 21.6 Å². The number of fused-ring (bicyclic) bond motifs is 5. The molecular weight excluding hydrogens is 585 g/mol. The first-order valence-electron chi connectivity index (χ1n) is 12.9. The van der Waals surface area contributed by atoms with Crippen LogP contribution >= 0.6 is 15.9 Å². The highest BCUT2D eigenvalue weighted by molar-refractivity contribution is 9.10. The van der Waals surface area contributed by atoms with Crippen LogP contribution in [-0.2, 0) is 16.0 Å². The van der Waals surface area contributed by atoms with Gasteiger partial charge in [0.05, 0.1) is 15.2 Å². The first kappa shape index (κ1) is 26.3. The lowest BCUT2D eigenvalue weighted by Gasteiger charge is -2.50. The minimum atomic E-state index is -4.64. The molecule has 4 aromatic rings. The molecule has 1 fully saturated rings. The molecule has 0 radical (unpaired) electrons. The summed E-state index contributed by atoms with van der Waals surface area (Å²) in [4.78, 5) is -0.285. The normalized spacial score (nSPS) is 24.8. The van der Waals surface area contributed by atoms with Crippen molar-refractivity contribution in [1.29, 1.82) is 0 Å². The van der Waals surface area contributed by atoms with E-state index in [-0.39, 0.29) is 16.7 Å². The van der Waals surface area contributed by atoms with Crippen LogP contribution in [0.15, 0.2) is 100 Å². The average molecular weight is 612 g/mol. The third kappa shape index (κ3) is 4.34. The van der Waals surface area contributed by atoms with Crippen molar-refractivity contribution in [2.24, 2.45) is 5.92 Å². The highest BCUT2D eigenvalue weighted by atomic mass is 79.9. The number of allylic oxidation sites excluding steroid dienone is 1. The van der Waals surface area contributed by atoms with Gasteiger partial charge in [0.15, 0.2) is 9.84 Å². The van der Waals surface area contributed by atoms with Crippen molar-refractivity contribution in [2.45, 2.75) is 47.4 Å². The average Bonchev–Trinajstić information content (AvgIpc) is 2.92. The van der Waals surface area contributed by atoms with Gasteiger partial charge in [-0.05, 0) is 89.4 Å². The number of halogens is 4. The molecule has 6 rings (SSSR count). The van der Waals surface area contributed by atoms with Crippen LogP contribution in [0.4, 0.5) is 13.2 Å². The van der Waals surface area contributed by atoms with E-state index >= 15 is 0 Å². The molecule has 2 nitrogen and oxygen atoms in total. The quantitative estimate of drug-likeness (QED) is 0.232. The van der Waals surface area contributed by atoms with Crippen molar-refractivity contribution in [3.05, 3.63) is 118 Å². The largest absolute Gasteiger partial charge is 0.416 e. The Labute approximate surface area is 234 Å². The van der Waals surface area contributed by atoms with Crippen molar-refractivity contribution in [3.8, 4) is 0 Å². The van der Waals surface area contributed by atoms with Crippen LogP contribution in [0.2, 0.25) is 0 Å². The Balaban J connectivity index is 1.55. The van der Waals surface area contributed by atoms with E-state index in [1.165, 1.54) is 12.1 Å². The first-order chi connectivity index (χ1) is 18.5. The molecule has 4 aromatic carbocycles. The van der Waals surface area contributed by atoms with Crippen LogP contribution in [-0.4, -0.2) is 13.2 Å². The summed E-state index contributed by atoms with van der Waals surface area (Å²) in [5.41, 5.74) is 1.99. The molecule has 7 heteroatoms. The zero-order chi connectivity index (χ0) is 27.6. The Bertz CT molecular complexity index is 1710. The van der Waals surface area contributed by atoms with Gasteiger partial charge in [-0.1, -0.05) is 82.7 Å². The molecule has 0 saturated heterocycles. The molecule has 0 amide bonds. The molecule has 0 heterocycles. The number of hydrogen-bond acceptors (Lipinski definition) is 2. The summed E-state index contributed by atoms with van der Waals surface area (Å²) < 4.78 is 69.5. The molecule has 4 atom stereocenters. The number of benzene rings is 4. The van der Waals surface area contributed by atoms with E-state index in [4.69, 9.17) is 0 Å². The summed E-state index contributed by atoms with van der Waals surface area (Å²) in [5.74, 6) is -0.573. The smallest absolute Gasteiger partial charge is 0.223 e. The maximum Gasteiger partial charge on any atom is 0.416 e. The molecule has 0 aliphatic heterocycles. The van der Waals surface area contributed by atoms with Crippen LogP contribution in [0.25, 0.3) is 16.8 Å². The predicted molar refractivity (Wildman–Crippen MR) is 152 cm³/mol. The molecular formula is C32H26BrF3O2S. The van der Waals surface area contributed by atoms with Gasteiger partial charge in [0, 0.05) is 10.4 Å². The van der Waals surface area contributed by atoms with Crippen molar-refractivity contribution in [2.75, 3.05) is 0 Å². The summed E-state index contributed by atoms with van der Waals surface area (Å²) in [7, 11) is -4.20. The molecule has 2 aliphatic carbocycles. The summed E-state index contributed by atoms with van der Waals surface area (Å²) in [6, 6.07) is 24.1. The van der Waals surface area contributed by atoms with E-state index in [1.807, 2.05) is 60.7 Å².